The highest BCUT2D eigenvalue weighted by atomic mass is 32.1. The van der Waals surface area contributed by atoms with E-state index in [0.29, 0.717) is 6.04 Å². The molecule has 0 amide bonds. The first-order valence-corrected chi connectivity index (χ1v) is 6.84. The van der Waals surface area contributed by atoms with Crippen molar-refractivity contribution in [3.05, 3.63) is 58.3 Å². The Balaban J connectivity index is 1.84. The van der Waals surface area contributed by atoms with E-state index >= 15 is 0 Å². The Hall–Kier alpha value is -1.16. The molecule has 2 rings (SSSR count). The third-order valence-electron chi connectivity index (χ3n) is 2.92. The highest BCUT2D eigenvalue weighted by Crippen LogP contribution is 2.12. The van der Waals surface area contributed by atoms with Crippen LogP contribution in [0.15, 0.2) is 47.2 Å². The van der Waals surface area contributed by atoms with Gasteiger partial charge in [-0.05, 0) is 47.2 Å². The smallest absolute Gasteiger partial charge is 0.0254 e. The van der Waals surface area contributed by atoms with Gasteiger partial charge >= 0.3 is 0 Å². The molecule has 2 nitrogen and oxygen atoms in total. The Morgan fingerprint density at radius 2 is 1.94 bits per heavy atom. The summed E-state index contributed by atoms with van der Waals surface area (Å²) in [6, 6.07) is 13.1. The van der Waals surface area contributed by atoms with Crippen molar-refractivity contribution in [1.82, 2.24) is 5.43 Å². The Morgan fingerprint density at radius 1 is 1.12 bits per heavy atom. The van der Waals surface area contributed by atoms with Crippen LogP contribution in [-0.4, -0.2) is 6.04 Å². The zero-order valence-corrected chi connectivity index (χ0v) is 10.6. The van der Waals surface area contributed by atoms with Crippen LogP contribution < -0.4 is 11.3 Å². The molecule has 1 aromatic carbocycles. The van der Waals surface area contributed by atoms with E-state index < -0.39 is 0 Å². The molecule has 2 aromatic rings. The standard InChI is InChI=1S/C14H18N2S/c15-16-14(10-13-8-9-17-11-13)7-6-12-4-2-1-3-5-12/h1-5,8-9,11,14,16H,6-7,10,15H2. The first kappa shape index (κ1) is 12.3. The second-order valence-corrected chi connectivity index (χ2v) is 5.00. The van der Waals surface area contributed by atoms with Crippen LogP contribution >= 0.6 is 11.3 Å². The summed E-state index contributed by atoms with van der Waals surface area (Å²) in [7, 11) is 0. The van der Waals surface area contributed by atoms with Crippen LogP contribution in [0.5, 0.6) is 0 Å². The van der Waals surface area contributed by atoms with E-state index in [1.807, 2.05) is 6.07 Å². The summed E-state index contributed by atoms with van der Waals surface area (Å²) in [5.74, 6) is 5.61. The number of thiophene rings is 1. The fraction of sp³-hybridized carbons (Fsp3) is 0.286. The maximum atomic E-state index is 5.61. The lowest BCUT2D eigenvalue weighted by atomic mass is 10.0. The van der Waals surface area contributed by atoms with Crippen LogP contribution in [0.4, 0.5) is 0 Å². The molecule has 0 aliphatic carbocycles. The Morgan fingerprint density at radius 3 is 2.59 bits per heavy atom. The highest BCUT2D eigenvalue weighted by molar-refractivity contribution is 7.07. The fourth-order valence-corrected chi connectivity index (χ4v) is 2.60. The molecule has 17 heavy (non-hydrogen) atoms. The first-order chi connectivity index (χ1) is 8.38. The number of aryl methyl sites for hydroxylation is 1. The van der Waals surface area contributed by atoms with E-state index in [2.05, 4.69) is 46.5 Å². The molecule has 1 aromatic heterocycles. The Bertz CT molecular complexity index is 411. The molecule has 0 aliphatic rings. The van der Waals surface area contributed by atoms with Crippen molar-refractivity contribution in [2.75, 3.05) is 0 Å². The van der Waals surface area contributed by atoms with E-state index in [-0.39, 0.29) is 0 Å². The van der Waals surface area contributed by atoms with Crippen LogP contribution in [-0.2, 0) is 12.8 Å². The summed E-state index contributed by atoms with van der Waals surface area (Å²) in [6.45, 7) is 0. The van der Waals surface area contributed by atoms with Gasteiger partial charge in [0, 0.05) is 6.04 Å². The Labute approximate surface area is 106 Å². The lowest BCUT2D eigenvalue weighted by Gasteiger charge is -2.15. The fourth-order valence-electron chi connectivity index (χ4n) is 1.92. The van der Waals surface area contributed by atoms with Crippen molar-refractivity contribution in [3.63, 3.8) is 0 Å². The van der Waals surface area contributed by atoms with Crippen molar-refractivity contribution in [3.8, 4) is 0 Å². The highest BCUT2D eigenvalue weighted by Gasteiger charge is 2.08. The Kier molecular flexibility index (Phi) is 4.74. The van der Waals surface area contributed by atoms with Gasteiger partial charge in [-0.2, -0.15) is 11.3 Å². The molecule has 0 saturated carbocycles. The minimum atomic E-state index is 0.352. The predicted molar refractivity (Wildman–Crippen MR) is 73.9 cm³/mol. The lowest BCUT2D eigenvalue weighted by molar-refractivity contribution is 0.492. The van der Waals surface area contributed by atoms with Gasteiger partial charge < -0.3 is 0 Å². The molecular weight excluding hydrogens is 228 g/mol. The number of hydrogen-bond acceptors (Lipinski definition) is 3. The quantitative estimate of drug-likeness (QED) is 0.607. The van der Waals surface area contributed by atoms with E-state index in [1.54, 1.807) is 11.3 Å². The topological polar surface area (TPSA) is 38.0 Å². The molecule has 3 N–H and O–H groups in total. The maximum absolute atomic E-state index is 5.61. The van der Waals surface area contributed by atoms with Crippen molar-refractivity contribution in [2.45, 2.75) is 25.3 Å². The van der Waals surface area contributed by atoms with Crippen LogP contribution in [0, 0.1) is 0 Å². The largest absolute Gasteiger partial charge is 0.271 e. The van der Waals surface area contributed by atoms with Crippen molar-refractivity contribution in [2.24, 2.45) is 5.84 Å². The van der Waals surface area contributed by atoms with Crippen LogP contribution in [0.2, 0.25) is 0 Å². The third kappa shape index (κ3) is 3.97. The van der Waals surface area contributed by atoms with Gasteiger partial charge in [0.15, 0.2) is 0 Å². The molecule has 1 atom stereocenters. The van der Waals surface area contributed by atoms with Gasteiger partial charge in [-0.25, -0.2) is 0 Å². The average Bonchev–Trinajstić information content (AvgIpc) is 2.88. The second kappa shape index (κ2) is 6.55. The van der Waals surface area contributed by atoms with Gasteiger partial charge in [-0.15, -0.1) is 0 Å². The summed E-state index contributed by atoms with van der Waals surface area (Å²) >= 11 is 1.74. The summed E-state index contributed by atoms with van der Waals surface area (Å²) in [5.41, 5.74) is 5.66. The van der Waals surface area contributed by atoms with E-state index in [0.717, 1.165) is 19.3 Å². The first-order valence-electron chi connectivity index (χ1n) is 5.89. The normalized spacial score (nSPS) is 12.5. The number of nitrogens with one attached hydrogen (secondary N) is 1. The zero-order chi connectivity index (χ0) is 11.9. The molecule has 0 aliphatic heterocycles. The summed E-state index contributed by atoms with van der Waals surface area (Å²) in [6.07, 6.45) is 3.14. The van der Waals surface area contributed by atoms with Crippen molar-refractivity contribution >= 4 is 11.3 Å². The molecule has 0 bridgehead atoms. The monoisotopic (exact) mass is 246 g/mol. The molecular formula is C14H18N2S. The second-order valence-electron chi connectivity index (χ2n) is 4.22. The van der Waals surface area contributed by atoms with E-state index in [1.165, 1.54) is 11.1 Å². The summed E-state index contributed by atoms with van der Waals surface area (Å²) in [5, 5.41) is 4.30. The molecule has 0 radical (unpaired) electrons. The van der Waals surface area contributed by atoms with Gasteiger partial charge in [-0.1, -0.05) is 30.3 Å². The zero-order valence-electron chi connectivity index (χ0n) is 9.80. The van der Waals surface area contributed by atoms with Gasteiger partial charge in [0.05, 0.1) is 0 Å². The average molecular weight is 246 g/mol. The molecule has 0 saturated heterocycles. The molecule has 0 spiro atoms. The molecule has 1 heterocycles. The summed E-state index contributed by atoms with van der Waals surface area (Å²) in [4.78, 5) is 0. The minimum Gasteiger partial charge on any atom is -0.271 e. The van der Waals surface area contributed by atoms with Crippen LogP contribution in [0.3, 0.4) is 0 Å². The van der Waals surface area contributed by atoms with Gasteiger partial charge in [-0.3, -0.25) is 11.3 Å². The molecule has 0 fully saturated rings. The molecule has 90 valence electrons. The number of hydrogen-bond donors (Lipinski definition) is 2. The van der Waals surface area contributed by atoms with Gasteiger partial charge in [0.25, 0.3) is 0 Å². The van der Waals surface area contributed by atoms with Gasteiger partial charge in [0.2, 0.25) is 0 Å². The molecule has 1 unspecified atom stereocenters. The lowest BCUT2D eigenvalue weighted by Crippen LogP contribution is -2.37. The number of benzene rings is 1. The van der Waals surface area contributed by atoms with E-state index in [9.17, 15) is 0 Å². The number of nitrogens with two attached hydrogens (primary N) is 1. The van der Waals surface area contributed by atoms with Crippen molar-refractivity contribution < 1.29 is 0 Å². The van der Waals surface area contributed by atoms with Crippen LogP contribution in [0.1, 0.15) is 17.5 Å². The van der Waals surface area contributed by atoms with Crippen molar-refractivity contribution in [1.29, 1.82) is 0 Å². The predicted octanol–water partition coefficient (Wildman–Crippen LogP) is 2.76. The minimum absolute atomic E-state index is 0.352. The SMILES string of the molecule is NNC(CCc1ccccc1)Cc1ccsc1. The van der Waals surface area contributed by atoms with Crippen LogP contribution in [0.25, 0.3) is 0 Å². The maximum Gasteiger partial charge on any atom is 0.0254 e. The molecule has 3 heteroatoms. The summed E-state index contributed by atoms with van der Waals surface area (Å²) < 4.78 is 0. The van der Waals surface area contributed by atoms with Gasteiger partial charge in [0.1, 0.15) is 0 Å². The van der Waals surface area contributed by atoms with E-state index in [4.69, 9.17) is 5.84 Å². The third-order valence-corrected chi connectivity index (χ3v) is 3.65. The number of rotatable bonds is 6. The number of hydrazine groups is 1.